The van der Waals surface area contributed by atoms with Crippen LogP contribution in [0.3, 0.4) is 0 Å². The van der Waals surface area contributed by atoms with Crippen molar-refractivity contribution in [1.82, 2.24) is 14.9 Å². The van der Waals surface area contributed by atoms with Crippen molar-refractivity contribution in [3.63, 3.8) is 0 Å². The highest BCUT2D eigenvalue weighted by molar-refractivity contribution is 7.89. The average Bonchev–Trinajstić information content (AvgIpc) is 2.86. The van der Waals surface area contributed by atoms with Gasteiger partial charge in [0.15, 0.2) is 0 Å². The summed E-state index contributed by atoms with van der Waals surface area (Å²) < 4.78 is 33.5. The van der Waals surface area contributed by atoms with E-state index in [1.165, 1.54) is 12.1 Å². The molecule has 0 bridgehead atoms. The van der Waals surface area contributed by atoms with E-state index in [0.717, 1.165) is 56.6 Å². The Bertz CT molecular complexity index is 1130. The summed E-state index contributed by atoms with van der Waals surface area (Å²) in [5, 5.41) is 11.3. The molecule has 1 saturated heterocycles. The minimum absolute atomic E-state index is 0.163. The third-order valence-corrected chi connectivity index (χ3v) is 7.72. The number of sulfonamides is 1. The standard InChI is InChI=1S/C27H38N4O4S/c1-3-5-25(28)23-10-8-22(9-11-23)6-4-7-27(32)35-26-13-12-24(20-21(26)2)36(33,34)30-16-19-31-17-14-29-15-18-31/h8-13,20,28-30H,3-7,14-19H2,1-2H3. The maximum absolute atomic E-state index is 12.7. The number of ether oxygens (including phenoxy) is 1. The molecule has 1 aliphatic rings. The zero-order valence-corrected chi connectivity index (χ0v) is 22.1. The highest BCUT2D eigenvalue weighted by Gasteiger charge is 2.17. The van der Waals surface area contributed by atoms with E-state index in [4.69, 9.17) is 10.1 Å². The van der Waals surface area contributed by atoms with Crippen LogP contribution in [0.1, 0.15) is 49.3 Å². The summed E-state index contributed by atoms with van der Waals surface area (Å²) in [7, 11) is -3.63. The molecule has 3 rings (SSSR count). The fourth-order valence-corrected chi connectivity index (χ4v) is 5.24. The number of aryl methyl sites for hydroxylation is 2. The second-order valence-corrected chi connectivity index (χ2v) is 10.9. The van der Waals surface area contributed by atoms with Crippen LogP contribution >= 0.6 is 0 Å². The van der Waals surface area contributed by atoms with Crippen LogP contribution in [0, 0.1) is 12.3 Å². The Kier molecular flexibility index (Phi) is 10.6. The van der Waals surface area contributed by atoms with Gasteiger partial charge in [-0.15, -0.1) is 0 Å². The molecule has 36 heavy (non-hydrogen) atoms. The molecule has 0 unspecified atom stereocenters. The molecule has 0 atom stereocenters. The van der Waals surface area contributed by atoms with E-state index in [0.29, 0.717) is 36.5 Å². The van der Waals surface area contributed by atoms with Gasteiger partial charge in [0.05, 0.1) is 4.90 Å². The fraction of sp³-hybridized carbons (Fsp3) is 0.481. The maximum Gasteiger partial charge on any atom is 0.311 e. The molecule has 0 aliphatic carbocycles. The number of hydrogen-bond donors (Lipinski definition) is 3. The molecule has 0 radical (unpaired) electrons. The van der Waals surface area contributed by atoms with E-state index in [1.54, 1.807) is 13.0 Å². The normalized spacial score (nSPS) is 14.5. The van der Waals surface area contributed by atoms with Gasteiger partial charge in [-0.1, -0.05) is 37.6 Å². The van der Waals surface area contributed by atoms with Gasteiger partial charge in [-0.25, -0.2) is 13.1 Å². The van der Waals surface area contributed by atoms with E-state index in [9.17, 15) is 13.2 Å². The summed E-state index contributed by atoms with van der Waals surface area (Å²) in [6.45, 7) is 8.49. The van der Waals surface area contributed by atoms with Crippen LogP contribution < -0.4 is 14.8 Å². The number of esters is 1. The fourth-order valence-electron chi connectivity index (χ4n) is 4.14. The molecule has 0 spiro atoms. The summed E-state index contributed by atoms with van der Waals surface area (Å²) in [6.07, 6.45) is 3.37. The van der Waals surface area contributed by atoms with E-state index in [-0.39, 0.29) is 17.3 Å². The second kappa shape index (κ2) is 13.6. The lowest BCUT2D eigenvalue weighted by Crippen LogP contribution is -2.46. The van der Waals surface area contributed by atoms with Crippen LogP contribution in [-0.4, -0.2) is 64.3 Å². The number of carbonyl (C=O) groups is 1. The molecular formula is C27H38N4O4S. The summed E-state index contributed by atoms with van der Waals surface area (Å²) in [5.41, 5.74) is 3.30. The van der Waals surface area contributed by atoms with Gasteiger partial charge in [0.1, 0.15) is 5.75 Å². The Morgan fingerprint density at radius 1 is 1.11 bits per heavy atom. The number of nitrogens with zero attached hydrogens (tertiary/aromatic N) is 1. The third kappa shape index (κ3) is 8.51. The Labute approximate surface area is 215 Å². The van der Waals surface area contributed by atoms with Crippen molar-refractivity contribution in [2.24, 2.45) is 0 Å². The summed E-state index contributed by atoms with van der Waals surface area (Å²) in [4.78, 5) is 14.7. The van der Waals surface area contributed by atoms with Gasteiger partial charge in [0, 0.05) is 51.4 Å². The lowest BCUT2D eigenvalue weighted by molar-refractivity contribution is -0.134. The van der Waals surface area contributed by atoms with Crippen LogP contribution in [0.25, 0.3) is 0 Å². The summed E-state index contributed by atoms with van der Waals surface area (Å²) in [5.74, 6) is 0.0303. The lowest BCUT2D eigenvalue weighted by atomic mass is 10.0. The van der Waals surface area contributed by atoms with Crippen LogP contribution in [-0.2, 0) is 21.2 Å². The highest BCUT2D eigenvalue weighted by atomic mass is 32.2. The Morgan fingerprint density at radius 2 is 1.83 bits per heavy atom. The molecule has 1 heterocycles. The van der Waals surface area contributed by atoms with Crippen molar-refractivity contribution in [3.8, 4) is 5.75 Å². The molecule has 0 amide bonds. The lowest BCUT2D eigenvalue weighted by Gasteiger charge is -2.27. The molecule has 0 aromatic heterocycles. The molecule has 2 aromatic carbocycles. The molecule has 1 fully saturated rings. The summed E-state index contributed by atoms with van der Waals surface area (Å²) in [6, 6.07) is 12.5. The number of carbonyl (C=O) groups excluding carboxylic acids is 1. The molecule has 3 N–H and O–H groups in total. The first-order valence-corrected chi connectivity index (χ1v) is 14.2. The predicted molar refractivity (Wildman–Crippen MR) is 142 cm³/mol. The van der Waals surface area contributed by atoms with E-state index < -0.39 is 10.0 Å². The minimum Gasteiger partial charge on any atom is -0.426 e. The van der Waals surface area contributed by atoms with Crippen molar-refractivity contribution in [2.45, 2.75) is 50.8 Å². The van der Waals surface area contributed by atoms with Crippen molar-refractivity contribution >= 4 is 21.7 Å². The zero-order chi connectivity index (χ0) is 26.0. The molecule has 2 aromatic rings. The van der Waals surface area contributed by atoms with Crippen LogP contribution in [0.2, 0.25) is 0 Å². The van der Waals surface area contributed by atoms with Gasteiger partial charge in [-0.05, 0) is 61.1 Å². The van der Waals surface area contributed by atoms with E-state index in [2.05, 4.69) is 21.9 Å². The van der Waals surface area contributed by atoms with Gasteiger partial charge in [-0.3, -0.25) is 9.69 Å². The zero-order valence-electron chi connectivity index (χ0n) is 21.3. The number of hydrogen-bond acceptors (Lipinski definition) is 7. The van der Waals surface area contributed by atoms with Gasteiger partial charge >= 0.3 is 5.97 Å². The van der Waals surface area contributed by atoms with Crippen LogP contribution in [0.5, 0.6) is 5.75 Å². The maximum atomic E-state index is 12.7. The molecule has 9 heteroatoms. The average molecular weight is 515 g/mol. The third-order valence-electron chi connectivity index (χ3n) is 6.26. The smallest absolute Gasteiger partial charge is 0.311 e. The van der Waals surface area contributed by atoms with Gasteiger partial charge in [0.2, 0.25) is 10.0 Å². The Morgan fingerprint density at radius 3 is 2.50 bits per heavy atom. The molecule has 1 aliphatic heterocycles. The second-order valence-electron chi connectivity index (χ2n) is 9.17. The monoisotopic (exact) mass is 514 g/mol. The molecule has 0 saturated carbocycles. The first-order valence-electron chi connectivity index (χ1n) is 12.7. The SMILES string of the molecule is CCCC(=N)c1ccc(CCCC(=O)Oc2ccc(S(=O)(=O)NCCN3CCNCC3)cc2C)cc1. The quantitative estimate of drug-likeness (QED) is 0.215. The largest absolute Gasteiger partial charge is 0.426 e. The highest BCUT2D eigenvalue weighted by Crippen LogP contribution is 2.22. The van der Waals surface area contributed by atoms with E-state index in [1.807, 2.05) is 24.3 Å². The van der Waals surface area contributed by atoms with Crippen molar-refractivity contribution in [1.29, 1.82) is 5.41 Å². The van der Waals surface area contributed by atoms with Crippen LogP contribution in [0.15, 0.2) is 47.4 Å². The molecular weight excluding hydrogens is 476 g/mol. The van der Waals surface area contributed by atoms with Crippen LogP contribution in [0.4, 0.5) is 0 Å². The van der Waals surface area contributed by atoms with Gasteiger partial charge in [0.25, 0.3) is 0 Å². The number of rotatable bonds is 13. The first-order chi connectivity index (χ1) is 17.3. The van der Waals surface area contributed by atoms with Gasteiger partial charge < -0.3 is 15.5 Å². The van der Waals surface area contributed by atoms with E-state index >= 15 is 0 Å². The van der Waals surface area contributed by atoms with Crippen molar-refractivity contribution in [3.05, 3.63) is 59.2 Å². The Balaban J connectivity index is 1.45. The van der Waals surface area contributed by atoms with Crippen molar-refractivity contribution < 1.29 is 17.9 Å². The number of piperazine rings is 1. The predicted octanol–water partition coefficient (Wildman–Crippen LogP) is 3.27. The summed E-state index contributed by atoms with van der Waals surface area (Å²) >= 11 is 0. The minimum atomic E-state index is -3.63. The Hall–Kier alpha value is -2.59. The first kappa shape index (κ1) is 28.0. The molecule has 196 valence electrons. The van der Waals surface area contributed by atoms with Gasteiger partial charge in [-0.2, -0.15) is 0 Å². The number of nitrogens with one attached hydrogen (secondary N) is 3. The van der Waals surface area contributed by atoms with Crippen molar-refractivity contribution in [2.75, 3.05) is 39.3 Å². The number of benzene rings is 2. The molecule has 8 nitrogen and oxygen atoms in total. The topological polar surface area (TPSA) is 112 Å².